The van der Waals surface area contributed by atoms with Gasteiger partial charge >= 0.3 is 13.8 Å². The zero-order valence-electron chi connectivity index (χ0n) is 6.88. The van der Waals surface area contributed by atoms with Gasteiger partial charge < -0.3 is 14.5 Å². The summed E-state index contributed by atoms with van der Waals surface area (Å²) in [5.41, 5.74) is 0. The Morgan fingerprint density at radius 1 is 1.46 bits per heavy atom. The van der Waals surface area contributed by atoms with Crippen LogP contribution in [0.5, 0.6) is 0 Å². The molecule has 0 radical (unpaired) electrons. The third-order valence-corrected chi connectivity index (χ3v) is 1.48. The van der Waals surface area contributed by atoms with Gasteiger partial charge in [0.2, 0.25) is 0 Å². The third-order valence-electron chi connectivity index (χ3n) is 0.959. The van der Waals surface area contributed by atoms with Crippen LogP contribution in [0.25, 0.3) is 0 Å². The first-order valence-corrected chi connectivity index (χ1v) is 4.98. The molecule has 0 saturated carbocycles. The zero-order valence-corrected chi connectivity index (χ0v) is 7.77. The van der Waals surface area contributed by atoms with Gasteiger partial charge in [0.1, 0.15) is 0 Å². The van der Waals surface area contributed by atoms with Gasteiger partial charge in [0.25, 0.3) is 0 Å². The van der Waals surface area contributed by atoms with Crippen LogP contribution in [0.2, 0.25) is 0 Å². The van der Waals surface area contributed by atoms with Gasteiger partial charge in [0.05, 0.1) is 13.2 Å². The Labute approximate surface area is 75.4 Å². The number of hydrogen-bond acceptors (Lipinski definition) is 4. The van der Waals surface area contributed by atoms with Gasteiger partial charge in [0.15, 0.2) is 0 Å². The fourth-order valence-corrected chi connectivity index (χ4v) is 0.841. The lowest BCUT2D eigenvalue weighted by atomic mass is 10.5. The molecule has 13 heavy (non-hydrogen) atoms. The summed E-state index contributed by atoms with van der Waals surface area (Å²) in [7, 11) is -4.40. The predicted molar refractivity (Wildman–Crippen MR) is 43.8 cm³/mol. The number of phosphoric ester groups is 1. The number of phosphoric acid groups is 1. The highest BCUT2D eigenvalue weighted by molar-refractivity contribution is 7.46. The molecule has 0 fully saturated rings. The molecule has 0 aromatic carbocycles. The summed E-state index contributed by atoms with van der Waals surface area (Å²) in [6.07, 6.45) is 1.23. The molecule has 2 N–H and O–H groups in total. The molecule has 0 aliphatic heterocycles. The van der Waals surface area contributed by atoms with E-state index >= 15 is 0 Å². The number of carbonyl (C=O) groups excluding carboxylic acids is 1. The van der Waals surface area contributed by atoms with E-state index in [2.05, 4.69) is 15.8 Å². The van der Waals surface area contributed by atoms with E-state index in [-0.39, 0.29) is 19.6 Å². The van der Waals surface area contributed by atoms with Gasteiger partial charge in [-0.05, 0) is 0 Å². The molecule has 6 nitrogen and oxygen atoms in total. The second-order valence-corrected chi connectivity index (χ2v) is 3.29. The summed E-state index contributed by atoms with van der Waals surface area (Å²) in [5, 5.41) is 0. The molecule has 0 saturated heterocycles. The molecule has 0 spiro atoms. The van der Waals surface area contributed by atoms with Crippen molar-refractivity contribution < 1.29 is 28.4 Å². The van der Waals surface area contributed by atoms with Crippen LogP contribution in [0.3, 0.4) is 0 Å². The molecule has 0 aliphatic carbocycles. The number of carbonyl (C=O) groups is 1. The average molecular weight is 210 g/mol. The monoisotopic (exact) mass is 210 g/mol. The van der Waals surface area contributed by atoms with Crippen LogP contribution in [0, 0.1) is 0 Å². The molecule has 0 atom stereocenters. The van der Waals surface area contributed by atoms with Gasteiger partial charge in [0, 0.05) is 12.5 Å². The molecule has 76 valence electrons. The van der Waals surface area contributed by atoms with Crippen molar-refractivity contribution in [3.8, 4) is 0 Å². The SMILES string of the molecule is C=CC(=O)OCCCOP(=O)(O)O. The number of ether oxygens (including phenoxy) is 1. The van der Waals surface area contributed by atoms with Crippen molar-refractivity contribution in [1.82, 2.24) is 0 Å². The van der Waals surface area contributed by atoms with Crippen molar-refractivity contribution in [2.24, 2.45) is 0 Å². The lowest BCUT2D eigenvalue weighted by Gasteiger charge is -2.04. The number of hydrogen-bond donors (Lipinski definition) is 2. The average Bonchev–Trinajstić information content (AvgIpc) is 2.01. The van der Waals surface area contributed by atoms with Crippen LogP contribution < -0.4 is 0 Å². The lowest BCUT2D eigenvalue weighted by molar-refractivity contribution is -0.137. The second kappa shape index (κ2) is 5.88. The molecular weight excluding hydrogens is 199 g/mol. The summed E-state index contributed by atoms with van der Waals surface area (Å²) in [5.74, 6) is -0.573. The Kier molecular flexibility index (Phi) is 5.57. The second-order valence-electron chi connectivity index (χ2n) is 2.05. The maximum absolute atomic E-state index is 10.4. The summed E-state index contributed by atoms with van der Waals surface area (Å²) in [4.78, 5) is 26.9. The molecule has 0 aromatic heterocycles. The van der Waals surface area contributed by atoms with Crippen LogP contribution in [0.1, 0.15) is 6.42 Å². The van der Waals surface area contributed by atoms with E-state index in [0.717, 1.165) is 6.08 Å². The number of esters is 1. The summed E-state index contributed by atoms with van der Waals surface area (Å²) in [6.45, 7) is 3.06. The molecule has 7 heteroatoms. The molecule has 0 unspecified atom stereocenters. The van der Waals surface area contributed by atoms with E-state index in [1.807, 2.05) is 0 Å². The van der Waals surface area contributed by atoms with Gasteiger partial charge in [-0.3, -0.25) is 4.52 Å². The van der Waals surface area contributed by atoms with E-state index in [1.165, 1.54) is 0 Å². The first-order valence-electron chi connectivity index (χ1n) is 3.45. The largest absolute Gasteiger partial charge is 0.469 e. The van der Waals surface area contributed by atoms with Gasteiger partial charge in [-0.15, -0.1) is 0 Å². The molecule has 0 rings (SSSR count). The van der Waals surface area contributed by atoms with Crippen LogP contribution in [-0.4, -0.2) is 29.0 Å². The maximum Gasteiger partial charge on any atom is 0.469 e. The summed E-state index contributed by atoms with van der Waals surface area (Å²) < 4.78 is 18.7. The first-order chi connectivity index (χ1) is 5.95. The zero-order chi connectivity index (χ0) is 10.3. The lowest BCUT2D eigenvalue weighted by Crippen LogP contribution is -2.04. The molecule has 0 heterocycles. The molecule has 0 amide bonds. The van der Waals surface area contributed by atoms with Crippen molar-refractivity contribution in [3.63, 3.8) is 0 Å². The van der Waals surface area contributed by atoms with Gasteiger partial charge in [-0.1, -0.05) is 6.58 Å². The summed E-state index contributed by atoms with van der Waals surface area (Å²) in [6, 6.07) is 0. The topological polar surface area (TPSA) is 93.1 Å². The highest BCUT2D eigenvalue weighted by Gasteiger charge is 2.12. The van der Waals surface area contributed by atoms with Crippen LogP contribution in [0.15, 0.2) is 12.7 Å². The van der Waals surface area contributed by atoms with E-state index in [1.54, 1.807) is 0 Å². The minimum atomic E-state index is -4.40. The van der Waals surface area contributed by atoms with E-state index in [4.69, 9.17) is 9.79 Å². The predicted octanol–water partition coefficient (Wildman–Crippen LogP) is 0.215. The Morgan fingerprint density at radius 3 is 2.54 bits per heavy atom. The van der Waals surface area contributed by atoms with Gasteiger partial charge in [-0.25, -0.2) is 9.36 Å². The van der Waals surface area contributed by atoms with Crippen molar-refractivity contribution in [3.05, 3.63) is 12.7 Å². The third kappa shape index (κ3) is 9.23. The molecule has 0 bridgehead atoms. The quantitative estimate of drug-likeness (QED) is 0.282. The Morgan fingerprint density at radius 2 is 2.08 bits per heavy atom. The Balaban J connectivity index is 3.32. The highest BCUT2D eigenvalue weighted by Crippen LogP contribution is 2.35. The first kappa shape index (κ1) is 12.3. The summed E-state index contributed by atoms with van der Waals surface area (Å²) >= 11 is 0. The van der Waals surface area contributed by atoms with E-state index in [0.29, 0.717) is 0 Å². The fraction of sp³-hybridized carbons (Fsp3) is 0.500. The number of rotatable bonds is 6. The van der Waals surface area contributed by atoms with Crippen molar-refractivity contribution in [2.45, 2.75) is 6.42 Å². The van der Waals surface area contributed by atoms with Crippen LogP contribution in [0.4, 0.5) is 0 Å². The molecular formula is C6H11O6P. The minimum absolute atomic E-state index is 0.0465. The fourth-order valence-electron chi connectivity index (χ4n) is 0.474. The van der Waals surface area contributed by atoms with Gasteiger partial charge in [-0.2, -0.15) is 0 Å². The molecule has 0 aliphatic rings. The van der Waals surface area contributed by atoms with Crippen LogP contribution in [-0.2, 0) is 18.6 Å². The van der Waals surface area contributed by atoms with Crippen LogP contribution >= 0.6 is 7.82 Å². The van der Waals surface area contributed by atoms with Crippen molar-refractivity contribution in [2.75, 3.05) is 13.2 Å². The Bertz CT molecular complexity index is 219. The van der Waals surface area contributed by atoms with Crippen molar-refractivity contribution in [1.29, 1.82) is 0 Å². The highest BCUT2D eigenvalue weighted by atomic mass is 31.2. The maximum atomic E-state index is 10.4. The standard InChI is InChI=1S/C6H11O6P/c1-2-6(7)11-4-3-5-12-13(8,9)10/h2H,1,3-5H2,(H2,8,9,10). The van der Waals surface area contributed by atoms with E-state index in [9.17, 15) is 9.36 Å². The normalized spacial score (nSPS) is 10.9. The minimum Gasteiger partial charge on any atom is -0.462 e. The smallest absolute Gasteiger partial charge is 0.462 e. The van der Waals surface area contributed by atoms with E-state index < -0.39 is 13.8 Å². The Hall–Kier alpha value is -0.680. The molecule has 0 aromatic rings. The van der Waals surface area contributed by atoms with Crippen molar-refractivity contribution >= 4 is 13.8 Å².